The Hall–Kier alpha value is -2.43. The average Bonchev–Trinajstić information content (AvgIpc) is 2.34. The van der Waals surface area contributed by atoms with Crippen molar-refractivity contribution in [2.45, 2.75) is 0 Å². The summed E-state index contributed by atoms with van der Waals surface area (Å²) in [7, 11) is 0. The van der Waals surface area contributed by atoms with Gasteiger partial charge in [-0.1, -0.05) is 18.2 Å². The first-order valence-electron chi connectivity index (χ1n) is 5.19. The monoisotopic (exact) mass is 248 g/mol. The van der Waals surface area contributed by atoms with E-state index in [1.54, 1.807) is 0 Å². The van der Waals surface area contributed by atoms with Gasteiger partial charge < -0.3 is 11.1 Å². The maximum absolute atomic E-state index is 13.4. The van der Waals surface area contributed by atoms with E-state index in [-0.39, 0.29) is 16.9 Å². The summed E-state index contributed by atoms with van der Waals surface area (Å²) in [5.74, 6) is -2.09. The maximum atomic E-state index is 13.4. The number of anilines is 2. The Morgan fingerprint density at radius 1 is 1.00 bits per heavy atom. The first kappa shape index (κ1) is 12.0. The lowest BCUT2D eigenvalue weighted by molar-refractivity contribution is 0.102. The number of carbonyl (C=O) groups excluding carboxylic acids is 1. The van der Waals surface area contributed by atoms with E-state index in [1.165, 1.54) is 30.3 Å². The average molecular weight is 248 g/mol. The molecule has 2 aromatic carbocycles. The van der Waals surface area contributed by atoms with Crippen LogP contribution in [0.25, 0.3) is 0 Å². The Balaban J connectivity index is 2.30. The van der Waals surface area contributed by atoms with Crippen molar-refractivity contribution in [1.82, 2.24) is 0 Å². The summed E-state index contributed by atoms with van der Waals surface area (Å²) in [5, 5.41) is 2.26. The number of rotatable bonds is 2. The highest BCUT2D eigenvalue weighted by atomic mass is 19.1. The third-order valence-electron chi connectivity index (χ3n) is 2.40. The molecule has 18 heavy (non-hydrogen) atoms. The van der Waals surface area contributed by atoms with Gasteiger partial charge in [0.05, 0.1) is 11.3 Å². The zero-order valence-electron chi connectivity index (χ0n) is 9.28. The lowest BCUT2D eigenvalue weighted by Crippen LogP contribution is -2.15. The predicted octanol–water partition coefficient (Wildman–Crippen LogP) is 2.80. The van der Waals surface area contributed by atoms with E-state index >= 15 is 0 Å². The van der Waals surface area contributed by atoms with Gasteiger partial charge in [0.25, 0.3) is 5.91 Å². The van der Waals surface area contributed by atoms with Crippen LogP contribution in [0.1, 0.15) is 10.4 Å². The minimum atomic E-state index is -0.745. The topological polar surface area (TPSA) is 55.1 Å². The molecule has 0 saturated carbocycles. The SMILES string of the molecule is Nc1cccc(F)c1NC(=O)c1ccccc1F. The van der Waals surface area contributed by atoms with Crippen LogP contribution in [0.4, 0.5) is 20.2 Å². The van der Waals surface area contributed by atoms with Crippen molar-refractivity contribution in [3.05, 3.63) is 59.7 Å². The summed E-state index contributed by atoms with van der Waals surface area (Å²) in [4.78, 5) is 11.8. The third-order valence-corrected chi connectivity index (χ3v) is 2.40. The fourth-order valence-corrected chi connectivity index (χ4v) is 1.50. The molecule has 0 spiro atoms. The van der Waals surface area contributed by atoms with Crippen LogP contribution in [-0.4, -0.2) is 5.91 Å². The zero-order chi connectivity index (χ0) is 13.1. The molecule has 2 aromatic rings. The van der Waals surface area contributed by atoms with E-state index in [0.29, 0.717) is 0 Å². The Bertz CT molecular complexity index is 579. The Morgan fingerprint density at radius 2 is 1.67 bits per heavy atom. The van der Waals surface area contributed by atoms with Crippen molar-refractivity contribution in [3.63, 3.8) is 0 Å². The third kappa shape index (κ3) is 2.29. The summed E-state index contributed by atoms with van der Waals surface area (Å²) < 4.78 is 26.8. The molecule has 3 nitrogen and oxygen atoms in total. The molecule has 0 aliphatic heterocycles. The summed E-state index contributed by atoms with van der Waals surface area (Å²) in [6.45, 7) is 0. The van der Waals surface area contributed by atoms with Gasteiger partial charge in [-0.3, -0.25) is 4.79 Å². The molecule has 0 unspecified atom stereocenters. The van der Waals surface area contributed by atoms with Gasteiger partial charge in [0.2, 0.25) is 0 Å². The molecule has 1 amide bonds. The number of para-hydroxylation sites is 1. The van der Waals surface area contributed by atoms with Crippen LogP contribution in [0.3, 0.4) is 0 Å². The molecule has 0 bridgehead atoms. The Morgan fingerprint density at radius 3 is 2.33 bits per heavy atom. The molecule has 0 atom stereocenters. The molecular formula is C13H10F2N2O. The lowest BCUT2D eigenvalue weighted by atomic mass is 10.2. The minimum absolute atomic E-state index is 0.0830. The quantitative estimate of drug-likeness (QED) is 0.803. The van der Waals surface area contributed by atoms with Crippen LogP contribution in [0.5, 0.6) is 0 Å². The molecule has 3 N–H and O–H groups in total. The first-order valence-corrected chi connectivity index (χ1v) is 5.19. The van der Waals surface area contributed by atoms with Crippen molar-refractivity contribution >= 4 is 17.3 Å². The standard InChI is InChI=1S/C13H10F2N2O/c14-9-5-2-1-4-8(9)13(18)17-12-10(15)6-3-7-11(12)16/h1-7H,16H2,(H,17,18). The number of nitrogen functional groups attached to an aromatic ring is 1. The predicted molar refractivity (Wildman–Crippen MR) is 65.2 cm³/mol. The van der Waals surface area contributed by atoms with Gasteiger partial charge in [0, 0.05) is 0 Å². The summed E-state index contributed by atoms with van der Waals surface area (Å²) >= 11 is 0. The van der Waals surface area contributed by atoms with Crippen LogP contribution < -0.4 is 11.1 Å². The smallest absolute Gasteiger partial charge is 0.258 e. The van der Waals surface area contributed by atoms with E-state index < -0.39 is 17.5 Å². The highest BCUT2D eigenvalue weighted by Gasteiger charge is 2.14. The van der Waals surface area contributed by atoms with Gasteiger partial charge in [0.15, 0.2) is 0 Å². The Kier molecular flexibility index (Phi) is 3.23. The van der Waals surface area contributed by atoms with Crippen LogP contribution in [0, 0.1) is 11.6 Å². The largest absolute Gasteiger partial charge is 0.397 e. The van der Waals surface area contributed by atoms with Crippen molar-refractivity contribution in [3.8, 4) is 0 Å². The number of hydrogen-bond acceptors (Lipinski definition) is 2. The molecule has 0 aliphatic rings. The summed E-state index contributed by atoms with van der Waals surface area (Å²) in [6.07, 6.45) is 0. The van der Waals surface area contributed by atoms with Crippen molar-refractivity contribution < 1.29 is 13.6 Å². The van der Waals surface area contributed by atoms with Crippen molar-refractivity contribution in [2.24, 2.45) is 0 Å². The highest BCUT2D eigenvalue weighted by Crippen LogP contribution is 2.22. The second kappa shape index (κ2) is 4.83. The molecule has 0 aromatic heterocycles. The molecule has 0 aliphatic carbocycles. The van der Waals surface area contributed by atoms with Gasteiger partial charge in [0.1, 0.15) is 17.3 Å². The van der Waals surface area contributed by atoms with Crippen LogP contribution >= 0.6 is 0 Å². The van der Waals surface area contributed by atoms with E-state index in [9.17, 15) is 13.6 Å². The number of hydrogen-bond donors (Lipinski definition) is 2. The second-order valence-corrected chi connectivity index (χ2v) is 3.64. The van der Waals surface area contributed by atoms with Gasteiger partial charge in [-0.2, -0.15) is 0 Å². The lowest BCUT2D eigenvalue weighted by Gasteiger charge is -2.09. The molecule has 92 valence electrons. The van der Waals surface area contributed by atoms with Gasteiger partial charge in [-0.15, -0.1) is 0 Å². The minimum Gasteiger partial charge on any atom is -0.397 e. The second-order valence-electron chi connectivity index (χ2n) is 3.64. The van der Waals surface area contributed by atoms with E-state index in [2.05, 4.69) is 5.32 Å². The molecule has 2 rings (SSSR count). The fourth-order valence-electron chi connectivity index (χ4n) is 1.50. The number of nitrogens with two attached hydrogens (primary N) is 1. The van der Waals surface area contributed by atoms with Gasteiger partial charge in [-0.05, 0) is 24.3 Å². The number of carbonyl (C=O) groups is 1. The molecule has 0 saturated heterocycles. The van der Waals surface area contributed by atoms with Crippen LogP contribution in [0.15, 0.2) is 42.5 Å². The normalized spacial score (nSPS) is 10.1. The number of benzene rings is 2. The Labute approximate surface area is 102 Å². The van der Waals surface area contributed by atoms with Crippen LogP contribution in [-0.2, 0) is 0 Å². The molecule has 0 fully saturated rings. The van der Waals surface area contributed by atoms with E-state index in [4.69, 9.17) is 5.73 Å². The van der Waals surface area contributed by atoms with Gasteiger partial charge in [-0.25, -0.2) is 8.78 Å². The number of nitrogens with one attached hydrogen (secondary N) is 1. The van der Waals surface area contributed by atoms with Gasteiger partial charge >= 0.3 is 0 Å². The van der Waals surface area contributed by atoms with E-state index in [0.717, 1.165) is 12.1 Å². The fraction of sp³-hybridized carbons (Fsp3) is 0. The molecule has 5 heteroatoms. The van der Waals surface area contributed by atoms with Crippen LogP contribution in [0.2, 0.25) is 0 Å². The molecular weight excluding hydrogens is 238 g/mol. The van der Waals surface area contributed by atoms with E-state index in [1.807, 2.05) is 0 Å². The number of amides is 1. The zero-order valence-corrected chi connectivity index (χ0v) is 9.28. The summed E-state index contributed by atoms with van der Waals surface area (Å²) in [5.41, 5.74) is 5.31. The van der Waals surface area contributed by atoms with Crippen molar-refractivity contribution in [1.29, 1.82) is 0 Å². The first-order chi connectivity index (χ1) is 8.59. The van der Waals surface area contributed by atoms with Crippen molar-refractivity contribution in [2.75, 3.05) is 11.1 Å². The summed E-state index contributed by atoms with van der Waals surface area (Å²) in [6, 6.07) is 9.46. The maximum Gasteiger partial charge on any atom is 0.258 e. The highest BCUT2D eigenvalue weighted by molar-refractivity contribution is 6.05. The molecule has 0 heterocycles. The number of halogens is 2. The molecule has 0 radical (unpaired) electrons.